The molecule has 7 heteroatoms. The number of nitrogens with one attached hydrogen (secondary N) is 1. The molecule has 0 fully saturated rings. The lowest BCUT2D eigenvalue weighted by Crippen LogP contribution is -2.16. The molecule has 7 nitrogen and oxygen atoms in total. The summed E-state index contributed by atoms with van der Waals surface area (Å²) in [4.78, 5) is 18.2. The van der Waals surface area contributed by atoms with Crippen LogP contribution < -0.4 is 14.8 Å². The summed E-state index contributed by atoms with van der Waals surface area (Å²) < 4.78 is 10.9. The van der Waals surface area contributed by atoms with Crippen LogP contribution in [-0.4, -0.2) is 49.5 Å². The van der Waals surface area contributed by atoms with E-state index in [2.05, 4.69) is 5.32 Å². The number of carboxylic acid groups (broad SMARTS) is 2. The molecule has 0 saturated heterocycles. The molecule has 0 spiro atoms. The third-order valence-corrected chi connectivity index (χ3v) is 2.34. The average molecular weight is 311 g/mol. The van der Waals surface area contributed by atoms with E-state index in [4.69, 9.17) is 29.3 Å². The molecular weight excluding hydrogens is 290 g/mol. The van der Waals surface area contributed by atoms with Gasteiger partial charge in [-0.15, -0.1) is 0 Å². The lowest BCUT2D eigenvalue weighted by molar-refractivity contribution is -0.159. The first-order valence-electron chi connectivity index (χ1n) is 6.50. The van der Waals surface area contributed by atoms with Crippen LogP contribution in [0, 0.1) is 0 Å². The quantitative estimate of drug-likeness (QED) is 0.540. The van der Waals surface area contributed by atoms with Gasteiger partial charge in [0.2, 0.25) is 0 Å². The fourth-order valence-electron chi connectivity index (χ4n) is 1.36. The summed E-state index contributed by atoms with van der Waals surface area (Å²) in [5.74, 6) is -2.09. The number of hydrogen-bond acceptors (Lipinski definition) is 5. The van der Waals surface area contributed by atoms with Gasteiger partial charge >= 0.3 is 11.9 Å². The molecule has 0 bridgehead atoms. The van der Waals surface area contributed by atoms with Crippen LogP contribution in [0.4, 0.5) is 0 Å². The molecule has 22 heavy (non-hydrogen) atoms. The van der Waals surface area contributed by atoms with Gasteiger partial charge in [-0.25, -0.2) is 9.59 Å². The maximum Gasteiger partial charge on any atom is 0.414 e. The van der Waals surface area contributed by atoms with Crippen LogP contribution in [0.15, 0.2) is 24.3 Å². The van der Waals surface area contributed by atoms with E-state index in [0.717, 1.165) is 23.6 Å². The number of hydrogen-bond donors (Lipinski definition) is 3. The summed E-state index contributed by atoms with van der Waals surface area (Å²) in [6.45, 7) is 3.44. The van der Waals surface area contributed by atoms with Crippen LogP contribution in [0.25, 0.3) is 6.08 Å². The third kappa shape index (κ3) is 7.91. The Morgan fingerprint density at radius 1 is 1.23 bits per heavy atom. The van der Waals surface area contributed by atoms with Crippen LogP contribution in [0.1, 0.15) is 12.5 Å². The highest BCUT2D eigenvalue weighted by atomic mass is 16.5. The third-order valence-electron chi connectivity index (χ3n) is 2.34. The number of allylic oxidation sites excluding steroid dienone is 1. The van der Waals surface area contributed by atoms with Crippen molar-refractivity contribution in [2.45, 2.75) is 6.92 Å². The van der Waals surface area contributed by atoms with Gasteiger partial charge in [-0.1, -0.05) is 18.2 Å². The zero-order valence-electron chi connectivity index (χ0n) is 12.8. The van der Waals surface area contributed by atoms with E-state index in [9.17, 15) is 0 Å². The van der Waals surface area contributed by atoms with E-state index in [1.807, 2.05) is 44.3 Å². The Labute approximate surface area is 129 Å². The molecule has 0 aliphatic carbocycles. The summed E-state index contributed by atoms with van der Waals surface area (Å²) in [6, 6.07) is 5.91. The summed E-state index contributed by atoms with van der Waals surface area (Å²) in [5, 5.41) is 17.8. The van der Waals surface area contributed by atoms with E-state index < -0.39 is 11.9 Å². The minimum Gasteiger partial charge on any atom is -0.493 e. The number of aliphatic carboxylic acids is 2. The number of likely N-dealkylation sites (N-methyl/N-ethyl adjacent to an activating group) is 1. The topological polar surface area (TPSA) is 105 Å². The van der Waals surface area contributed by atoms with Crippen LogP contribution in [0.3, 0.4) is 0 Å². The van der Waals surface area contributed by atoms with Gasteiger partial charge in [-0.05, 0) is 31.7 Å². The van der Waals surface area contributed by atoms with Crippen molar-refractivity contribution in [1.29, 1.82) is 0 Å². The fraction of sp³-hybridized carbons (Fsp3) is 0.333. The van der Waals surface area contributed by atoms with E-state index >= 15 is 0 Å². The summed E-state index contributed by atoms with van der Waals surface area (Å²) in [5.41, 5.74) is 1.11. The Morgan fingerprint density at radius 3 is 2.32 bits per heavy atom. The lowest BCUT2D eigenvalue weighted by Gasteiger charge is -2.11. The summed E-state index contributed by atoms with van der Waals surface area (Å²) in [7, 11) is 3.55. The fourth-order valence-corrected chi connectivity index (χ4v) is 1.36. The van der Waals surface area contributed by atoms with Crippen molar-refractivity contribution >= 4 is 18.0 Å². The predicted molar refractivity (Wildman–Crippen MR) is 82.4 cm³/mol. The molecule has 0 heterocycles. The molecule has 1 aromatic rings. The zero-order valence-corrected chi connectivity index (χ0v) is 12.8. The van der Waals surface area contributed by atoms with Crippen LogP contribution in [0.5, 0.6) is 11.5 Å². The highest BCUT2D eigenvalue weighted by molar-refractivity contribution is 6.27. The number of rotatable bonds is 6. The van der Waals surface area contributed by atoms with Crippen molar-refractivity contribution in [3.05, 3.63) is 29.8 Å². The minimum atomic E-state index is -1.82. The first-order chi connectivity index (χ1) is 10.5. The van der Waals surface area contributed by atoms with Crippen molar-refractivity contribution in [3.8, 4) is 11.5 Å². The second-order valence-corrected chi connectivity index (χ2v) is 3.97. The molecule has 0 unspecified atom stereocenters. The molecule has 0 aliphatic rings. The molecule has 1 aromatic carbocycles. The smallest absolute Gasteiger partial charge is 0.414 e. The van der Waals surface area contributed by atoms with Crippen molar-refractivity contribution in [2.75, 3.05) is 27.3 Å². The van der Waals surface area contributed by atoms with E-state index in [0.29, 0.717) is 6.61 Å². The molecule has 0 aromatic heterocycles. The largest absolute Gasteiger partial charge is 0.493 e. The van der Waals surface area contributed by atoms with E-state index in [1.54, 1.807) is 7.11 Å². The maximum atomic E-state index is 9.10. The zero-order chi connectivity index (χ0) is 17.0. The van der Waals surface area contributed by atoms with Crippen LogP contribution in [0.2, 0.25) is 0 Å². The Bertz CT molecular complexity index is 501. The molecule has 0 saturated carbocycles. The molecule has 0 aliphatic heterocycles. The monoisotopic (exact) mass is 311 g/mol. The number of carboxylic acids is 2. The molecule has 0 atom stereocenters. The van der Waals surface area contributed by atoms with Crippen molar-refractivity contribution in [1.82, 2.24) is 5.32 Å². The van der Waals surface area contributed by atoms with Gasteiger partial charge in [0.25, 0.3) is 0 Å². The van der Waals surface area contributed by atoms with Gasteiger partial charge in [0.1, 0.15) is 6.61 Å². The highest BCUT2D eigenvalue weighted by Gasteiger charge is 2.04. The van der Waals surface area contributed by atoms with E-state index in [1.165, 1.54) is 0 Å². The van der Waals surface area contributed by atoms with Gasteiger partial charge in [0.05, 0.1) is 7.11 Å². The standard InChI is InChI=1S/C13H19NO2.C2H2O4/c1-4-5-11-6-7-12(13(10-11)15-3)16-9-8-14-2;3-1(4)2(5)6/h4-7,10,14H,8-9H2,1-3H3;(H,3,4)(H,5,6). The Kier molecular flexibility index (Phi) is 9.87. The Hall–Kier alpha value is -2.54. The van der Waals surface area contributed by atoms with Crippen molar-refractivity contribution in [3.63, 3.8) is 0 Å². The van der Waals surface area contributed by atoms with Gasteiger partial charge in [0.15, 0.2) is 11.5 Å². The van der Waals surface area contributed by atoms with Gasteiger partial charge in [0, 0.05) is 6.54 Å². The van der Waals surface area contributed by atoms with Gasteiger partial charge in [-0.2, -0.15) is 0 Å². The first-order valence-corrected chi connectivity index (χ1v) is 6.50. The molecule has 1 rings (SSSR count). The highest BCUT2D eigenvalue weighted by Crippen LogP contribution is 2.28. The molecular formula is C15H21NO6. The maximum absolute atomic E-state index is 9.10. The molecule has 122 valence electrons. The molecule has 3 N–H and O–H groups in total. The van der Waals surface area contributed by atoms with Gasteiger partial charge < -0.3 is 25.0 Å². The first kappa shape index (κ1) is 19.5. The number of carbonyl (C=O) groups is 2. The second kappa shape index (κ2) is 11.2. The van der Waals surface area contributed by atoms with Crippen molar-refractivity contribution < 1.29 is 29.3 Å². The van der Waals surface area contributed by atoms with E-state index in [-0.39, 0.29) is 0 Å². The van der Waals surface area contributed by atoms with Gasteiger partial charge in [-0.3, -0.25) is 0 Å². The summed E-state index contributed by atoms with van der Waals surface area (Å²) >= 11 is 0. The SMILES string of the molecule is CC=Cc1ccc(OCCNC)c(OC)c1.O=C(O)C(=O)O. The number of methoxy groups -OCH3 is 1. The van der Waals surface area contributed by atoms with Crippen LogP contribution in [-0.2, 0) is 9.59 Å². The lowest BCUT2D eigenvalue weighted by atomic mass is 10.2. The van der Waals surface area contributed by atoms with Crippen molar-refractivity contribution in [2.24, 2.45) is 0 Å². The normalized spacial score (nSPS) is 9.77. The Balaban J connectivity index is 0.000000626. The molecule has 0 amide bonds. The summed E-state index contributed by atoms with van der Waals surface area (Å²) in [6.07, 6.45) is 4.02. The minimum absolute atomic E-state index is 0.635. The second-order valence-electron chi connectivity index (χ2n) is 3.97. The van der Waals surface area contributed by atoms with Crippen LogP contribution >= 0.6 is 0 Å². The predicted octanol–water partition coefficient (Wildman–Crippen LogP) is 1.48. The number of benzene rings is 1. The molecule has 0 radical (unpaired) electrons. The Morgan fingerprint density at radius 2 is 1.86 bits per heavy atom. The number of ether oxygens (including phenoxy) is 2. The average Bonchev–Trinajstić information content (AvgIpc) is 2.49.